The molecule has 0 bridgehead atoms. The molecule has 0 aromatic rings. The molecule has 6 atom stereocenters. The van der Waals surface area contributed by atoms with Gasteiger partial charge in [0.2, 0.25) is 0 Å². The van der Waals surface area contributed by atoms with E-state index in [1.807, 2.05) is 0 Å². The minimum Gasteiger partial charge on any atom is -0.462 e. The van der Waals surface area contributed by atoms with Gasteiger partial charge in [-0.1, -0.05) is 362 Å². The number of ether oxygens (including phenoxy) is 4. The van der Waals surface area contributed by atoms with Gasteiger partial charge in [-0.2, -0.15) is 0 Å². The molecule has 19 heteroatoms. The van der Waals surface area contributed by atoms with Crippen LogP contribution in [-0.4, -0.2) is 96.7 Å². The lowest BCUT2D eigenvalue weighted by Gasteiger charge is -2.21. The number of esters is 4. The van der Waals surface area contributed by atoms with Crippen LogP contribution in [0.1, 0.15) is 414 Å². The van der Waals surface area contributed by atoms with E-state index in [-0.39, 0.29) is 25.7 Å². The maximum absolute atomic E-state index is 13.1. The summed E-state index contributed by atoms with van der Waals surface area (Å²) in [7, 11) is -9.94. The van der Waals surface area contributed by atoms with E-state index >= 15 is 0 Å². The van der Waals surface area contributed by atoms with Gasteiger partial charge in [-0.3, -0.25) is 37.3 Å². The normalized spacial score (nSPS) is 14.3. The molecular formula is C84H160O17P2. The number of hydrogen-bond acceptors (Lipinski definition) is 15. The van der Waals surface area contributed by atoms with Crippen molar-refractivity contribution in [1.82, 2.24) is 0 Å². The van der Waals surface area contributed by atoms with E-state index in [0.29, 0.717) is 31.6 Å². The molecule has 0 aliphatic carbocycles. The average molecular weight is 1500 g/mol. The number of carbonyl (C=O) groups is 4. The highest BCUT2D eigenvalue weighted by Crippen LogP contribution is 2.45. The van der Waals surface area contributed by atoms with Gasteiger partial charge in [-0.05, 0) is 69.1 Å². The Morgan fingerprint density at radius 2 is 0.573 bits per heavy atom. The molecule has 0 fully saturated rings. The third-order valence-electron chi connectivity index (χ3n) is 19.4. The van der Waals surface area contributed by atoms with Gasteiger partial charge in [-0.15, -0.1) is 0 Å². The van der Waals surface area contributed by atoms with Crippen LogP contribution in [-0.2, 0) is 65.4 Å². The summed E-state index contributed by atoms with van der Waals surface area (Å²) in [4.78, 5) is 73.1. The van der Waals surface area contributed by atoms with Crippen LogP contribution in [0.15, 0.2) is 24.3 Å². The summed E-state index contributed by atoms with van der Waals surface area (Å²) in [6, 6.07) is 0. The first-order chi connectivity index (χ1) is 49.8. The second-order valence-corrected chi connectivity index (χ2v) is 33.6. The number of aliphatic hydroxyl groups excluding tert-OH is 1. The number of unbranched alkanes of at least 4 members (excludes halogenated alkanes) is 44. The SMILES string of the molecule is CCCCCC/C=C\C=C/CCCCCCCC(=O)O[C@H](COC(=O)CCCCCCCCCC(C)C)COP(=O)(O)OCC(O)COP(=O)(O)OC[C@@H](COC(=O)CCCCCCCCCCCCCCCCCCCCC(C)CC)OC(=O)CCCCCCCCCCCCCCCC(C)C. The summed E-state index contributed by atoms with van der Waals surface area (Å²) < 4.78 is 68.7. The number of carbonyl (C=O) groups excluding carboxylic acids is 4. The molecule has 3 N–H and O–H groups in total. The molecule has 0 aromatic heterocycles. The van der Waals surface area contributed by atoms with Crippen molar-refractivity contribution in [3.63, 3.8) is 0 Å². The molecule has 0 aliphatic rings. The van der Waals surface area contributed by atoms with E-state index in [4.69, 9.17) is 37.0 Å². The van der Waals surface area contributed by atoms with Crippen molar-refractivity contribution in [3.8, 4) is 0 Å². The molecule has 0 aliphatic heterocycles. The van der Waals surface area contributed by atoms with Crippen LogP contribution in [0.25, 0.3) is 0 Å². The largest absolute Gasteiger partial charge is 0.472 e. The molecule has 4 unspecified atom stereocenters. The van der Waals surface area contributed by atoms with Crippen LogP contribution in [0.5, 0.6) is 0 Å². The van der Waals surface area contributed by atoms with Crippen molar-refractivity contribution in [3.05, 3.63) is 24.3 Å². The Labute approximate surface area is 631 Å². The Hall–Kier alpha value is -2.46. The Kier molecular flexibility index (Phi) is 71.9. The fraction of sp³-hybridized carbons (Fsp3) is 0.905. The van der Waals surface area contributed by atoms with Crippen LogP contribution in [0.4, 0.5) is 0 Å². The van der Waals surface area contributed by atoms with Gasteiger partial charge in [-0.25, -0.2) is 9.13 Å². The monoisotopic (exact) mass is 1500 g/mol. The van der Waals surface area contributed by atoms with Crippen LogP contribution >= 0.6 is 15.6 Å². The molecule has 0 saturated carbocycles. The molecule has 17 nitrogen and oxygen atoms in total. The molecule has 0 spiro atoms. The summed E-state index contributed by atoms with van der Waals surface area (Å²) in [6.45, 7) is 11.9. The third-order valence-corrected chi connectivity index (χ3v) is 21.3. The maximum Gasteiger partial charge on any atom is 0.472 e. The van der Waals surface area contributed by atoms with Crippen molar-refractivity contribution >= 4 is 39.5 Å². The third kappa shape index (κ3) is 76.1. The van der Waals surface area contributed by atoms with Crippen LogP contribution in [0, 0.1) is 17.8 Å². The van der Waals surface area contributed by atoms with E-state index in [0.717, 1.165) is 121 Å². The average Bonchev–Trinajstić information content (AvgIpc) is 0.915. The predicted octanol–water partition coefficient (Wildman–Crippen LogP) is 24.9. The van der Waals surface area contributed by atoms with Gasteiger partial charge < -0.3 is 33.8 Å². The standard InChI is InChI=1S/C84H160O17P2/c1-8-10-11-12-13-14-15-16-21-28-33-38-45-53-60-67-84(89)101-80(72-95-82(87)66-59-52-47-40-42-49-56-63-76(5)6)74-99-103(92,93)97-70-78(85)69-96-102(90,91)98-73-79(100-83(88)68-61-54-46-39-34-29-24-25-30-35-41-48-55-62-75(3)4)71-94-81(86)65-58-51-44-37-32-27-23-20-18-17-19-22-26-31-36-43-50-57-64-77(7)9-2/h14-16,21,75-80,85H,8-13,17-20,22-74H2,1-7H3,(H,90,91)(H,92,93)/b15-14-,21-16-/t77?,78?,79-,80-/m1/s1. The number of aliphatic hydroxyl groups is 1. The summed E-state index contributed by atoms with van der Waals surface area (Å²) in [5, 5.41) is 10.6. The topological polar surface area (TPSA) is 237 Å². The van der Waals surface area contributed by atoms with Crippen LogP contribution in [0.2, 0.25) is 0 Å². The maximum atomic E-state index is 13.1. The van der Waals surface area contributed by atoms with Gasteiger partial charge in [0, 0.05) is 25.7 Å². The molecule has 0 saturated heterocycles. The fourth-order valence-electron chi connectivity index (χ4n) is 12.4. The first kappa shape index (κ1) is 101. The van der Waals surface area contributed by atoms with Crippen molar-refractivity contribution in [2.75, 3.05) is 39.6 Å². The highest BCUT2D eigenvalue weighted by atomic mass is 31.2. The predicted molar refractivity (Wildman–Crippen MR) is 423 cm³/mol. The molecular weight excluding hydrogens is 1340 g/mol. The Morgan fingerprint density at radius 3 is 0.864 bits per heavy atom. The fourth-order valence-corrected chi connectivity index (χ4v) is 14.0. The number of phosphoric acid groups is 2. The van der Waals surface area contributed by atoms with Gasteiger partial charge in [0.1, 0.15) is 19.3 Å². The molecule has 608 valence electrons. The number of allylic oxidation sites excluding steroid dienone is 4. The van der Waals surface area contributed by atoms with Crippen molar-refractivity contribution < 1.29 is 80.2 Å². The summed E-state index contributed by atoms with van der Waals surface area (Å²) in [5.74, 6) is 0.220. The molecule has 0 rings (SSSR count). The van der Waals surface area contributed by atoms with Gasteiger partial charge >= 0.3 is 39.5 Å². The quantitative estimate of drug-likeness (QED) is 0.0169. The molecule has 103 heavy (non-hydrogen) atoms. The summed E-state index contributed by atoms with van der Waals surface area (Å²) >= 11 is 0. The van der Waals surface area contributed by atoms with Crippen molar-refractivity contribution in [1.29, 1.82) is 0 Å². The Bertz CT molecular complexity index is 2090. The van der Waals surface area contributed by atoms with Gasteiger partial charge in [0.05, 0.1) is 26.4 Å². The van der Waals surface area contributed by atoms with Crippen LogP contribution < -0.4 is 0 Å². The number of rotatable bonds is 80. The second-order valence-electron chi connectivity index (χ2n) is 30.7. The van der Waals surface area contributed by atoms with Gasteiger partial charge in [0.25, 0.3) is 0 Å². The molecule has 0 heterocycles. The lowest BCUT2D eigenvalue weighted by Crippen LogP contribution is -2.30. The van der Waals surface area contributed by atoms with E-state index in [9.17, 15) is 43.2 Å². The summed E-state index contributed by atoms with van der Waals surface area (Å²) in [6.07, 6.45) is 66.1. The zero-order valence-electron chi connectivity index (χ0n) is 67.3. The van der Waals surface area contributed by atoms with Crippen molar-refractivity contribution in [2.24, 2.45) is 17.8 Å². The van der Waals surface area contributed by atoms with Gasteiger partial charge in [0.15, 0.2) is 12.2 Å². The lowest BCUT2D eigenvalue weighted by molar-refractivity contribution is -0.161. The molecule has 0 aromatic carbocycles. The first-order valence-corrected chi connectivity index (χ1v) is 45.7. The number of phosphoric ester groups is 2. The second kappa shape index (κ2) is 73.7. The molecule has 0 radical (unpaired) electrons. The Balaban J connectivity index is 5.24. The lowest BCUT2D eigenvalue weighted by atomic mass is 9.99. The van der Waals surface area contributed by atoms with E-state index in [2.05, 4.69) is 72.8 Å². The van der Waals surface area contributed by atoms with Crippen molar-refractivity contribution in [2.45, 2.75) is 433 Å². The van der Waals surface area contributed by atoms with E-state index in [1.165, 1.54) is 205 Å². The zero-order chi connectivity index (χ0) is 75.8. The molecule has 0 amide bonds. The van der Waals surface area contributed by atoms with Crippen LogP contribution in [0.3, 0.4) is 0 Å². The number of hydrogen-bond donors (Lipinski definition) is 3. The minimum atomic E-state index is -4.97. The highest BCUT2D eigenvalue weighted by molar-refractivity contribution is 7.47. The summed E-state index contributed by atoms with van der Waals surface area (Å²) in [5.41, 5.74) is 0. The minimum absolute atomic E-state index is 0.0842. The zero-order valence-corrected chi connectivity index (χ0v) is 69.1. The first-order valence-electron chi connectivity index (χ1n) is 42.7. The smallest absolute Gasteiger partial charge is 0.462 e. The van der Waals surface area contributed by atoms with E-state index < -0.39 is 97.5 Å². The Morgan fingerprint density at radius 1 is 0.320 bits per heavy atom. The van der Waals surface area contributed by atoms with E-state index in [1.54, 1.807) is 0 Å². The highest BCUT2D eigenvalue weighted by Gasteiger charge is 2.30.